The number of rotatable bonds is 4. The van der Waals surface area contributed by atoms with Crippen molar-refractivity contribution in [2.45, 2.75) is 0 Å². The number of carbonyl (C=O) groups is 2. The minimum Gasteiger partial charge on any atom is -0.456 e. The van der Waals surface area contributed by atoms with E-state index in [0.29, 0.717) is 0 Å². The third-order valence-electron chi connectivity index (χ3n) is 0.700. The maximum Gasteiger partial charge on any atom is 0.332 e. The van der Waals surface area contributed by atoms with Crippen molar-refractivity contribution in [2.24, 2.45) is 0 Å². The highest BCUT2D eigenvalue weighted by atomic mass is 32.1. The molecule has 0 heterocycles. The first-order chi connectivity index (χ1) is 4.70. The number of hydrogen-bond donors (Lipinski definition) is 2. The van der Waals surface area contributed by atoms with Gasteiger partial charge >= 0.3 is 5.97 Å². The van der Waals surface area contributed by atoms with Gasteiger partial charge in [-0.25, -0.2) is 4.79 Å². The van der Waals surface area contributed by atoms with Crippen LogP contribution in [0.3, 0.4) is 0 Å². The van der Waals surface area contributed by atoms with Gasteiger partial charge in [-0.2, -0.15) is 12.6 Å². The van der Waals surface area contributed by atoms with Crippen LogP contribution >= 0.6 is 12.6 Å². The molecule has 4 nitrogen and oxygen atoms in total. The van der Waals surface area contributed by atoms with Crippen LogP contribution in [0.1, 0.15) is 0 Å². The van der Waals surface area contributed by atoms with Crippen molar-refractivity contribution in [1.82, 2.24) is 0 Å². The number of Topliss-reactive ketones (excluding diaryl/α,β-unsaturated/α-hetero) is 1. The fourth-order valence-corrected chi connectivity index (χ4v) is 0.344. The van der Waals surface area contributed by atoms with Crippen LogP contribution in [0.4, 0.5) is 0 Å². The number of aliphatic hydroxyl groups is 1. The third kappa shape index (κ3) is 4.34. The Hall–Kier alpha value is -0.550. The summed E-state index contributed by atoms with van der Waals surface area (Å²) in [5, 5.41) is 8.12. The van der Waals surface area contributed by atoms with Gasteiger partial charge in [0.25, 0.3) is 0 Å². The van der Waals surface area contributed by atoms with E-state index in [-0.39, 0.29) is 18.1 Å². The molecule has 0 fully saturated rings. The van der Waals surface area contributed by atoms with Crippen molar-refractivity contribution in [1.29, 1.82) is 0 Å². The number of ether oxygens (including phenoxy) is 1. The SMILES string of the molecule is O=C(CS)COC(=O)CO. The molecular formula is C5H8O4S. The van der Waals surface area contributed by atoms with Gasteiger partial charge in [0.05, 0.1) is 5.75 Å². The van der Waals surface area contributed by atoms with E-state index in [4.69, 9.17) is 5.11 Å². The smallest absolute Gasteiger partial charge is 0.332 e. The molecule has 5 heteroatoms. The molecule has 0 atom stereocenters. The fraction of sp³-hybridized carbons (Fsp3) is 0.600. The Kier molecular flexibility index (Phi) is 4.96. The van der Waals surface area contributed by atoms with Crippen LogP contribution in [0.2, 0.25) is 0 Å². The average Bonchev–Trinajstić information content (AvgIpc) is 1.99. The van der Waals surface area contributed by atoms with E-state index in [1.165, 1.54) is 0 Å². The summed E-state index contributed by atoms with van der Waals surface area (Å²) in [6.45, 7) is -0.997. The van der Waals surface area contributed by atoms with Crippen molar-refractivity contribution in [2.75, 3.05) is 19.0 Å². The first-order valence-electron chi connectivity index (χ1n) is 2.59. The predicted molar refractivity (Wildman–Crippen MR) is 36.9 cm³/mol. The Bertz CT molecular complexity index is 118. The lowest BCUT2D eigenvalue weighted by molar-refractivity contribution is -0.150. The van der Waals surface area contributed by atoms with E-state index >= 15 is 0 Å². The van der Waals surface area contributed by atoms with Gasteiger partial charge < -0.3 is 9.84 Å². The first-order valence-corrected chi connectivity index (χ1v) is 3.23. The van der Waals surface area contributed by atoms with E-state index in [1.807, 2.05) is 0 Å². The summed E-state index contributed by atoms with van der Waals surface area (Å²) < 4.78 is 4.26. The topological polar surface area (TPSA) is 63.6 Å². The number of thiol groups is 1. The second-order valence-electron chi connectivity index (χ2n) is 1.52. The van der Waals surface area contributed by atoms with Gasteiger partial charge in [-0.3, -0.25) is 4.79 Å². The van der Waals surface area contributed by atoms with Gasteiger partial charge in [0.1, 0.15) is 6.61 Å². The highest BCUT2D eigenvalue weighted by Gasteiger charge is 2.03. The van der Waals surface area contributed by atoms with Crippen LogP contribution in [-0.4, -0.2) is 35.8 Å². The lowest BCUT2D eigenvalue weighted by Gasteiger charge is -1.98. The summed E-state index contributed by atoms with van der Waals surface area (Å²) in [6, 6.07) is 0. The highest BCUT2D eigenvalue weighted by molar-refractivity contribution is 7.81. The van der Waals surface area contributed by atoms with E-state index < -0.39 is 12.6 Å². The molecule has 0 amide bonds. The molecule has 0 unspecified atom stereocenters. The fourth-order valence-electron chi connectivity index (χ4n) is 0.252. The minimum absolute atomic E-state index is 0.0404. The summed E-state index contributed by atoms with van der Waals surface area (Å²) >= 11 is 3.64. The lowest BCUT2D eigenvalue weighted by atomic mass is 10.5. The number of aliphatic hydroxyl groups excluding tert-OH is 1. The molecule has 0 aliphatic carbocycles. The zero-order valence-corrected chi connectivity index (χ0v) is 6.13. The van der Waals surface area contributed by atoms with Crippen LogP contribution in [-0.2, 0) is 14.3 Å². The van der Waals surface area contributed by atoms with E-state index in [2.05, 4.69) is 17.4 Å². The second-order valence-corrected chi connectivity index (χ2v) is 1.83. The number of esters is 1. The first kappa shape index (κ1) is 9.45. The summed E-state index contributed by atoms with van der Waals surface area (Å²) in [7, 11) is 0. The number of ketones is 1. The zero-order valence-electron chi connectivity index (χ0n) is 5.24. The zero-order chi connectivity index (χ0) is 7.98. The molecule has 0 spiro atoms. The minimum atomic E-state index is -0.796. The average molecular weight is 164 g/mol. The van der Waals surface area contributed by atoms with Gasteiger partial charge in [0, 0.05) is 0 Å². The highest BCUT2D eigenvalue weighted by Crippen LogP contribution is 1.81. The van der Waals surface area contributed by atoms with Crippen molar-refractivity contribution in [3.63, 3.8) is 0 Å². The standard InChI is InChI=1S/C5H8O4S/c6-1-5(8)9-2-4(7)3-10/h6,10H,1-3H2. The third-order valence-corrected chi connectivity index (χ3v) is 1.05. The second kappa shape index (κ2) is 5.25. The van der Waals surface area contributed by atoms with E-state index in [1.54, 1.807) is 0 Å². The predicted octanol–water partition coefficient (Wildman–Crippen LogP) is -0.979. The van der Waals surface area contributed by atoms with Gasteiger partial charge in [-0.05, 0) is 0 Å². The molecule has 0 saturated carbocycles. The number of carbonyl (C=O) groups excluding carboxylic acids is 2. The van der Waals surface area contributed by atoms with Crippen molar-refractivity contribution < 1.29 is 19.4 Å². The lowest BCUT2D eigenvalue weighted by Crippen LogP contribution is -2.16. The molecule has 58 valence electrons. The maximum atomic E-state index is 10.4. The molecule has 0 aliphatic rings. The molecule has 0 rings (SSSR count). The molecule has 0 bridgehead atoms. The molecule has 0 aromatic rings. The summed E-state index contributed by atoms with van der Waals surface area (Å²) in [4.78, 5) is 20.6. The van der Waals surface area contributed by atoms with E-state index in [0.717, 1.165) is 0 Å². The van der Waals surface area contributed by atoms with Gasteiger partial charge in [-0.1, -0.05) is 0 Å². The summed E-state index contributed by atoms with van der Waals surface area (Å²) in [6.07, 6.45) is 0. The van der Waals surface area contributed by atoms with E-state index in [9.17, 15) is 9.59 Å². The summed E-state index contributed by atoms with van der Waals surface area (Å²) in [5.74, 6) is -1.04. The Balaban J connectivity index is 3.35. The molecular weight excluding hydrogens is 156 g/mol. The van der Waals surface area contributed by atoms with Crippen molar-refractivity contribution >= 4 is 24.4 Å². The molecule has 0 radical (unpaired) electrons. The monoisotopic (exact) mass is 164 g/mol. The van der Waals surface area contributed by atoms with Crippen LogP contribution in [0, 0.1) is 0 Å². The Morgan fingerprint density at radius 3 is 2.50 bits per heavy atom. The Morgan fingerprint density at radius 1 is 1.50 bits per heavy atom. The molecule has 1 N–H and O–H groups in total. The molecule has 10 heavy (non-hydrogen) atoms. The Morgan fingerprint density at radius 2 is 2.10 bits per heavy atom. The van der Waals surface area contributed by atoms with Crippen molar-refractivity contribution in [3.8, 4) is 0 Å². The molecule has 0 aromatic heterocycles. The van der Waals surface area contributed by atoms with Gasteiger partial charge in [0.15, 0.2) is 12.4 Å². The quantitative estimate of drug-likeness (QED) is 0.414. The molecule has 0 aliphatic heterocycles. The largest absolute Gasteiger partial charge is 0.456 e. The maximum absolute atomic E-state index is 10.4. The molecule has 0 aromatic carbocycles. The van der Waals surface area contributed by atoms with Crippen LogP contribution in [0.25, 0.3) is 0 Å². The molecule has 0 saturated heterocycles. The van der Waals surface area contributed by atoms with Crippen LogP contribution in [0.15, 0.2) is 0 Å². The van der Waals surface area contributed by atoms with Crippen molar-refractivity contribution in [3.05, 3.63) is 0 Å². The van der Waals surface area contributed by atoms with Crippen LogP contribution in [0.5, 0.6) is 0 Å². The summed E-state index contributed by atoms with van der Waals surface area (Å²) in [5.41, 5.74) is 0. The van der Waals surface area contributed by atoms with Crippen LogP contribution < -0.4 is 0 Å². The Labute approximate surface area is 63.6 Å². The van der Waals surface area contributed by atoms with Gasteiger partial charge in [-0.15, -0.1) is 0 Å². The number of hydrogen-bond acceptors (Lipinski definition) is 5. The normalized spacial score (nSPS) is 9.00. The van der Waals surface area contributed by atoms with Gasteiger partial charge in [0.2, 0.25) is 0 Å².